The summed E-state index contributed by atoms with van der Waals surface area (Å²) in [6.45, 7) is 0.358. The van der Waals surface area contributed by atoms with Gasteiger partial charge in [0.1, 0.15) is 10.8 Å². The third-order valence-electron chi connectivity index (χ3n) is 4.68. The van der Waals surface area contributed by atoms with Crippen molar-refractivity contribution in [1.82, 2.24) is 9.78 Å². The number of rotatable bonds is 4. The van der Waals surface area contributed by atoms with Crippen LogP contribution in [0.5, 0.6) is 0 Å². The predicted molar refractivity (Wildman–Crippen MR) is 100 cm³/mol. The first-order valence-electron chi connectivity index (χ1n) is 8.46. The standard InChI is InChI=1S/C20H17ClFN3O/c21-19-18(24-17-9-7-14-6-8-15(22)10-16(14)17)11-23-25(20(19)26)12-13-4-2-1-3-5-13/h1-6,8,10-11,17,24H,7,9,12H2. The third-order valence-corrected chi connectivity index (χ3v) is 5.04. The van der Waals surface area contributed by atoms with Gasteiger partial charge >= 0.3 is 0 Å². The molecule has 0 saturated heterocycles. The maximum absolute atomic E-state index is 13.6. The Kier molecular flexibility index (Phi) is 4.47. The van der Waals surface area contributed by atoms with Crippen LogP contribution in [0.1, 0.15) is 29.2 Å². The fourth-order valence-corrected chi connectivity index (χ4v) is 3.55. The molecule has 132 valence electrons. The minimum atomic E-state index is -0.349. The summed E-state index contributed by atoms with van der Waals surface area (Å²) in [4.78, 5) is 12.5. The summed E-state index contributed by atoms with van der Waals surface area (Å²) in [7, 11) is 0. The van der Waals surface area contributed by atoms with E-state index >= 15 is 0 Å². The van der Waals surface area contributed by atoms with E-state index in [-0.39, 0.29) is 22.4 Å². The van der Waals surface area contributed by atoms with Crippen molar-refractivity contribution in [2.24, 2.45) is 0 Å². The number of hydrogen-bond acceptors (Lipinski definition) is 3. The number of aryl methyl sites for hydroxylation is 1. The smallest absolute Gasteiger partial charge is 0.287 e. The van der Waals surface area contributed by atoms with Crippen molar-refractivity contribution < 1.29 is 4.39 Å². The van der Waals surface area contributed by atoms with Crippen LogP contribution in [0.15, 0.2) is 59.5 Å². The van der Waals surface area contributed by atoms with Gasteiger partial charge in [0.2, 0.25) is 0 Å². The van der Waals surface area contributed by atoms with Gasteiger partial charge in [-0.25, -0.2) is 9.07 Å². The van der Waals surface area contributed by atoms with Gasteiger partial charge in [-0.1, -0.05) is 48.0 Å². The van der Waals surface area contributed by atoms with Crippen molar-refractivity contribution >= 4 is 17.3 Å². The fourth-order valence-electron chi connectivity index (χ4n) is 3.35. The van der Waals surface area contributed by atoms with Crippen molar-refractivity contribution in [3.05, 3.63) is 92.6 Å². The number of halogens is 2. The molecule has 1 aliphatic carbocycles. The van der Waals surface area contributed by atoms with E-state index in [1.54, 1.807) is 6.20 Å². The quantitative estimate of drug-likeness (QED) is 0.750. The number of nitrogens with one attached hydrogen (secondary N) is 1. The Morgan fingerprint density at radius 2 is 2.04 bits per heavy atom. The summed E-state index contributed by atoms with van der Waals surface area (Å²) in [6.07, 6.45) is 3.25. The highest BCUT2D eigenvalue weighted by Gasteiger charge is 2.24. The summed E-state index contributed by atoms with van der Waals surface area (Å²) in [5, 5.41) is 7.58. The van der Waals surface area contributed by atoms with Crippen LogP contribution >= 0.6 is 11.6 Å². The third kappa shape index (κ3) is 3.22. The van der Waals surface area contributed by atoms with E-state index in [4.69, 9.17) is 11.6 Å². The molecule has 0 fully saturated rings. The lowest BCUT2D eigenvalue weighted by atomic mass is 10.1. The molecule has 2 aromatic carbocycles. The van der Waals surface area contributed by atoms with Crippen LogP contribution in [-0.2, 0) is 13.0 Å². The number of hydrogen-bond donors (Lipinski definition) is 1. The molecule has 0 saturated carbocycles. The maximum atomic E-state index is 13.6. The molecule has 4 nitrogen and oxygen atoms in total. The second kappa shape index (κ2) is 6.92. The SMILES string of the molecule is O=c1c(Cl)c(NC2CCc3ccc(F)cc32)cnn1Cc1ccccc1. The lowest BCUT2D eigenvalue weighted by Crippen LogP contribution is -2.25. The van der Waals surface area contributed by atoms with Crippen LogP contribution in [0.3, 0.4) is 0 Å². The van der Waals surface area contributed by atoms with Gasteiger partial charge in [0.05, 0.1) is 24.5 Å². The van der Waals surface area contributed by atoms with Gasteiger partial charge in [0.15, 0.2) is 0 Å². The molecular weight excluding hydrogens is 353 g/mol. The van der Waals surface area contributed by atoms with Crippen molar-refractivity contribution in [1.29, 1.82) is 0 Å². The maximum Gasteiger partial charge on any atom is 0.287 e. The highest BCUT2D eigenvalue weighted by atomic mass is 35.5. The van der Waals surface area contributed by atoms with Crippen LogP contribution in [0.25, 0.3) is 0 Å². The van der Waals surface area contributed by atoms with E-state index in [0.29, 0.717) is 12.2 Å². The van der Waals surface area contributed by atoms with Crippen molar-refractivity contribution in [3.63, 3.8) is 0 Å². The van der Waals surface area contributed by atoms with E-state index in [1.165, 1.54) is 16.8 Å². The minimum absolute atomic E-state index is 0.0793. The van der Waals surface area contributed by atoms with E-state index in [9.17, 15) is 9.18 Å². The Balaban J connectivity index is 1.59. The largest absolute Gasteiger partial charge is 0.376 e. The Labute approximate surface area is 155 Å². The monoisotopic (exact) mass is 369 g/mol. The van der Waals surface area contributed by atoms with Gasteiger partial charge in [-0.05, 0) is 41.7 Å². The van der Waals surface area contributed by atoms with Crippen LogP contribution < -0.4 is 10.9 Å². The van der Waals surface area contributed by atoms with Gasteiger partial charge in [0, 0.05) is 0 Å². The van der Waals surface area contributed by atoms with Crippen molar-refractivity contribution in [3.8, 4) is 0 Å². The van der Waals surface area contributed by atoms with Crippen molar-refractivity contribution in [2.45, 2.75) is 25.4 Å². The second-order valence-electron chi connectivity index (χ2n) is 6.40. The van der Waals surface area contributed by atoms with E-state index in [0.717, 1.165) is 29.5 Å². The molecule has 1 heterocycles. The molecule has 1 aromatic heterocycles. The van der Waals surface area contributed by atoms with Crippen LogP contribution in [0.2, 0.25) is 5.02 Å². The summed E-state index contributed by atoms with van der Waals surface area (Å²) in [5.41, 5.74) is 3.13. The molecule has 0 amide bonds. The molecule has 1 atom stereocenters. The molecule has 1 aliphatic rings. The van der Waals surface area contributed by atoms with Crippen LogP contribution in [0.4, 0.5) is 10.1 Å². The molecule has 26 heavy (non-hydrogen) atoms. The second-order valence-corrected chi connectivity index (χ2v) is 6.78. The number of fused-ring (bicyclic) bond motifs is 1. The first kappa shape index (κ1) is 16.8. The first-order chi connectivity index (χ1) is 12.6. The van der Waals surface area contributed by atoms with Crippen LogP contribution in [-0.4, -0.2) is 9.78 Å². The minimum Gasteiger partial charge on any atom is -0.376 e. The summed E-state index contributed by atoms with van der Waals surface area (Å²) in [5.74, 6) is -0.264. The number of aromatic nitrogens is 2. The van der Waals surface area contributed by atoms with Gasteiger partial charge in [-0.3, -0.25) is 4.79 Å². The molecule has 1 unspecified atom stereocenters. The number of nitrogens with zero attached hydrogens (tertiary/aromatic N) is 2. The molecule has 6 heteroatoms. The predicted octanol–water partition coefficient (Wildman–Crippen LogP) is 4.18. The van der Waals surface area contributed by atoms with E-state index in [1.807, 2.05) is 36.4 Å². The Bertz CT molecular complexity index is 1000. The highest BCUT2D eigenvalue weighted by molar-refractivity contribution is 6.32. The number of benzene rings is 2. The zero-order valence-electron chi connectivity index (χ0n) is 14.0. The van der Waals surface area contributed by atoms with E-state index in [2.05, 4.69) is 10.4 Å². The molecule has 0 aliphatic heterocycles. The lowest BCUT2D eigenvalue weighted by Gasteiger charge is -2.17. The van der Waals surface area contributed by atoms with Crippen LogP contribution in [0, 0.1) is 5.82 Å². The molecule has 1 N–H and O–H groups in total. The zero-order chi connectivity index (χ0) is 18.1. The Morgan fingerprint density at radius 1 is 1.23 bits per heavy atom. The average molecular weight is 370 g/mol. The highest BCUT2D eigenvalue weighted by Crippen LogP contribution is 2.35. The molecule has 0 spiro atoms. The number of anilines is 1. The fraction of sp³-hybridized carbons (Fsp3) is 0.200. The molecule has 0 bridgehead atoms. The van der Waals surface area contributed by atoms with Gasteiger partial charge in [-0.15, -0.1) is 0 Å². The summed E-state index contributed by atoms with van der Waals surface area (Å²) < 4.78 is 14.9. The molecular formula is C20H17ClFN3O. The van der Waals surface area contributed by atoms with Gasteiger partial charge in [0.25, 0.3) is 5.56 Å². The molecule has 4 rings (SSSR count). The molecule has 3 aromatic rings. The van der Waals surface area contributed by atoms with Gasteiger partial charge in [-0.2, -0.15) is 5.10 Å². The van der Waals surface area contributed by atoms with E-state index < -0.39 is 0 Å². The first-order valence-corrected chi connectivity index (χ1v) is 8.84. The summed E-state index contributed by atoms with van der Waals surface area (Å²) >= 11 is 6.29. The topological polar surface area (TPSA) is 46.9 Å². The van der Waals surface area contributed by atoms with Gasteiger partial charge < -0.3 is 5.32 Å². The Hall–Kier alpha value is -2.66. The Morgan fingerprint density at radius 3 is 2.85 bits per heavy atom. The summed E-state index contributed by atoms with van der Waals surface area (Å²) in [6, 6.07) is 14.3. The average Bonchev–Trinajstić information content (AvgIpc) is 3.04. The molecule has 0 radical (unpaired) electrons. The lowest BCUT2D eigenvalue weighted by molar-refractivity contribution is 0.623. The normalized spacial score (nSPS) is 15.7. The zero-order valence-corrected chi connectivity index (χ0v) is 14.7. The van der Waals surface area contributed by atoms with Crippen molar-refractivity contribution in [2.75, 3.05) is 5.32 Å².